The van der Waals surface area contributed by atoms with E-state index in [0.717, 1.165) is 36.9 Å². The minimum absolute atomic E-state index is 0.216. The van der Waals surface area contributed by atoms with Crippen molar-refractivity contribution in [3.63, 3.8) is 0 Å². The molecule has 1 saturated carbocycles. The normalized spacial score (nSPS) is 16.8. The summed E-state index contributed by atoms with van der Waals surface area (Å²) in [6.45, 7) is 2.92. The van der Waals surface area contributed by atoms with E-state index in [1.807, 2.05) is 6.07 Å². The second kappa shape index (κ2) is 6.80. The van der Waals surface area contributed by atoms with Crippen LogP contribution in [0.15, 0.2) is 18.2 Å². The Morgan fingerprint density at radius 2 is 2.11 bits per heavy atom. The van der Waals surface area contributed by atoms with Gasteiger partial charge in [0.2, 0.25) is 0 Å². The Bertz CT molecular complexity index is 402. The molecule has 0 saturated heterocycles. The van der Waals surface area contributed by atoms with Crippen LogP contribution < -0.4 is 15.2 Å². The highest BCUT2D eigenvalue weighted by Crippen LogP contribution is 2.32. The van der Waals surface area contributed by atoms with E-state index < -0.39 is 0 Å². The van der Waals surface area contributed by atoms with Crippen LogP contribution in [-0.4, -0.2) is 19.8 Å². The molecule has 1 fully saturated rings. The lowest BCUT2D eigenvalue weighted by Crippen LogP contribution is -2.21. The second-order valence-electron chi connectivity index (χ2n) is 5.47. The van der Waals surface area contributed by atoms with Gasteiger partial charge in [-0.1, -0.05) is 19.4 Å². The van der Waals surface area contributed by atoms with E-state index in [4.69, 9.17) is 15.2 Å². The van der Waals surface area contributed by atoms with Gasteiger partial charge in [-0.25, -0.2) is 0 Å². The van der Waals surface area contributed by atoms with Crippen LogP contribution in [-0.2, 0) is 6.42 Å². The zero-order valence-electron chi connectivity index (χ0n) is 12.0. The standard InChI is InChI=1S/C16H25NO2/c1-3-14(17)9-13-7-8-15(18-2)16(10-13)19-11-12-5-4-6-12/h7-8,10,12,14H,3-6,9,11,17H2,1-2H3. The molecule has 0 bridgehead atoms. The van der Waals surface area contributed by atoms with Crippen molar-refractivity contribution in [3.8, 4) is 11.5 Å². The molecular weight excluding hydrogens is 238 g/mol. The van der Waals surface area contributed by atoms with Crippen molar-refractivity contribution >= 4 is 0 Å². The van der Waals surface area contributed by atoms with Crippen molar-refractivity contribution in [2.45, 2.75) is 45.1 Å². The summed E-state index contributed by atoms with van der Waals surface area (Å²) >= 11 is 0. The van der Waals surface area contributed by atoms with Crippen molar-refractivity contribution in [2.75, 3.05) is 13.7 Å². The summed E-state index contributed by atoms with van der Waals surface area (Å²) in [5.74, 6) is 2.40. The quantitative estimate of drug-likeness (QED) is 0.822. The number of ether oxygens (including phenoxy) is 2. The molecule has 0 spiro atoms. The molecule has 2 N–H and O–H groups in total. The molecule has 0 aliphatic heterocycles. The molecule has 1 aliphatic carbocycles. The van der Waals surface area contributed by atoms with Gasteiger partial charge in [-0.05, 0) is 49.3 Å². The highest BCUT2D eigenvalue weighted by atomic mass is 16.5. The summed E-state index contributed by atoms with van der Waals surface area (Å²) in [6, 6.07) is 6.35. The molecule has 3 heteroatoms. The third-order valence-corrected chi connectivity index (χ3v) is 3.95. The van der Waals surface area contributed by atoms with Gasteiger partial charge >= 0.3 is 0 Å². The van der Waals surface area contributed by atoms with Gasteiger partial charge in [0.1, 0.15) is 0 Å². The van der Waals surface area contributed by atoms with Gasteiger partial charge < -0.3 is 15.2 Å². The lowest BCUT2D eigenvalue weighted by atomic mass is 9.86. The number of rotatable bonds is 7. The molecular formula is C16H25NO2. The maximum Gasteiger partial charge on any atom is 0.161 e. The Morgan fingerprint density at radius 1 is 1.32 bits per heavy atom. The number of benzene rings is 1. The summed E-state index contributed by atoms with van der Waals surface area (Å²) in [5, 5.41) is 0. The van der Waals surface area contributed by atoms with E-state index in [1.165, 1.54) is 24.8 Å². The van der Waals surface area contributed by atoms with Crippen molar-refractivity contribution in [3.05, 3.63) is 23.8 Å². The summed E-state index contributed by atoms with van der Waals surface area (Å²) in [4.78, 5) is 0. The van der Waals surface area contributed by atoms with Gasteiger partial charge in [0.15, 0.2) is 11.5 Å². The molecule has 2 rings (SSSR count). The maximum atomic E-state index is 6.01. The Labute approximate surface area is 116 Å². The molecule has 0 aromatic heterocycles. The van der Waals surface area contributed by atoms with Crippen LogP contribution in [0.2, 0.25) is 0 Å². The lowest BCUT2D eigenvalue weighted by Gasteiger charge is -2.25. The Kier molecular flexibility index (Phi) is 5.08. The predicted octanol–water partition coefficient (Wildman–Crippen LogP) is 3.15. The average Bonchev–Trinajstić information content (AvgIpc) is 2.37. The third-order valence-electron chi connectivity index (χ3n) is 3.95. The number of hydrogen-bond donors (Lipinski definition) is 1. The highest BCUT2D eigenvalue weighted by Gasteiger charge is 2.19. The predicted molar refractivity (Wildman–Crippen MR) is 77.8 cm³/mol. The fourth-order valence-corrected chi connectivity index (χ4v) is 2.28. The van der Waals surface area contributed by atoms with Crippen LogP contribution >= 0.6 is 0 Å². The van der Waals surface area contributed by atoms with Gasteiger partial charge in [-0.3, -0.25) is 0 Å². The summed E-state index contributed by atoms with van der Waals surface area (Å²) in [6.07, 6.45) is 5.81. The van der Waals surface area contributed by atoms with E-state index in [-0.39, 0.29) is 6.04 Å². The number of nitrogens with two attached hydrogens (primary N) is 1. The Balaban J connectivity index is 2.02. The van der Waals surface area contributed by atoms with Gasteiger partial charge in [0.05, 0.1) is 13.7 Å². The monoisotopic (exact) mass is 263 g/mol. The van der Waals surface area contributed by atoms with E-state index in [2.05, 4.69) is 19.1 Å². The first-order chi connectivity index (χ1) is 9.22. The van der Waals surface area contributed by atoms with Crippen molar-refractivity contribution in [1.82, 2.24) is 0 Å². The van der Waals surface area contributed by atoms with Gasteiger partial charge in [0, 0.05) is 6.04 Å². The highest BCUT2D eigenvalue weighted by molar-refractivity contribution is 5.43. The molecule has 19 heavy (non-hydrogen) atoms. The molecule has 0 amide bonds. The fourth-order valence-electron chi connectivity index (χ4n) is 2.28. The first kappa shape index (κ1) is 14.2. The van der Waals surface area contributed by atoms with E-state index >= 15 is 0 Å². The number of hydrogen-bond acceptors (Lipinski definition) is 3. The summed E-state index contributed by atoms with van der Waals surface area (Å²) in [7, 11) is 1.68. The van der Waals surface area contributed by atoms with Crippen LogP contribution in [0.4, 0.5) is 0 Å². The molecule has 0 radical (unpaired) electrons. The summed E-state index contributed by atoms with van der Waals surface area (Å²) in [5.41, 5.74) is 7.23. The van der Waals surface area contributed by atoms with E-state index in [1.54, 1.807) is 7.11 Å². The first-order valence-electron chi connectivity index (χ1n) is 7.28. The smallest absolute Gasteiger partial charge is 0.161 e. The summed E-state index contributed by atoms with van der Waals surface area (Å²) < 4.78 is 11.3. The zero-order chi connectivity index (χ0) is 13.7. The topological polar surface area (TPSA) is 44.5 Å². The van der Waals surface area contributed by atoms with Gasteiger partial charge in [-0.2, -0.15) is 0 Å². The van der Waals surface area contributed by atoms with Gasteiger partial charge in [-0.15, -0.1) is 0 Å². The van der Waals surface area contributed by atoms with Crippen LogP contribution in [0.5, 0.6) is 11.5 Å². The molecule has 1 aromatic rings. The zero-order valence-corrected chi connectivity index (χ0v) is 12.0. The Hall–Kier alpha value is -1.22. The maximum absolute atomic E-state index is 6.01. The Morgan fingerprint density at radius 3 is 2.68 bits per heavy atom. The molecule has 0 heterocycles. The minimum Gasteiger partial charge on any atom is -0.493 e. The molecule has 106 valence electrons. The SMILES string of the molecule is CCC(N)Cc1ccc(OC)c(OCC2CCC2)c1. The van der Waals surface area contributed by atoms with Crippen LogP contribution in [0.1, 0.15) is 38.2 Å². The fraction of sp³-hybridized carbons (Fsp3) is 0.625. The van der Waals surface area contributed by atoms with Crippen LogP contribution in [0, 0.1) is 5.92 Å². The van der Waals surface area contributed by atoms with Gasteiger partial charge in [0.25, 0.3) is 0 Å². The van der Waals surface area contributed by atoms with E-state index in [0.29, 0.717) is 0 Å². The molecule has 1 aliphatic rings. The second-order valence-corrected chi connectivity index (χ2v) is 5.47. The lowest BCUT2D eigenvalue weighted by molar-refractivity contribution is 0.176. The number of methoxy groups -OCH3 is 1. The molecule has 1 unspecified atom stereocenters. The third kappa shape index (κ3) is 3.87. The molecule has 1 aromatic carbocycles. The molecule has 1 atom stereocenters. The van der Waals surface area contributed by atoms with Crippen LogP contribution in [0.3, 0.4) is 0 Å². The van der Waals surface area contributed by atoms with Crippen molar-refractivity contribution in [1.29, 1.82) is 0 Å². The first-order valence-corrected chi connectivity index (χ1v) is 7.28. The van der Waals surface area contributed by atoms with Crippen molar-refractivity contribution in [2.24, 2.45) is 11.7 Å². The molecule has 3 nitrogen and oxygen atoms in total. The van der Waals surface area contributed by atoms with Crippen molar-refractivity contribution < 1.29 is 9.47 Å². The largest absolute Gasteiger partial charge is 0.493 e. The average molecular weight is 263 g/mol. The van der Waals surface area contributed by atoms with E-state index in [9.17, 15) is 0 Å². The van der Waals surface area contributed by atoms with Crippen LogP contribution in [0.25, 0.3) is 0 Å². The minimum atomic E-state index is 0.216.